The molecule has 3 saturated heterocycles. The number of hydrogen-bond donors (Lipinski definition) is 0. The Bertz CT molecular complexity index is 972. The van der Waals surface area contributed by atoms with Crippen LogP contribution in [0.25, 0.3) is 0 Å². The van der Waals surface area contributed by atoms with Gasteiger partial charge in [-0.2, -0.15) is 0 Å². The van der Waals surface area contributed by atoms with Crippen LogP contribution in [0.1, 0.15) is 47.6 Å². The predicted octanol–water partition coefficient (Wildman–Crippen LogP) is 4.38. The molecule has 3 heterocycles. The van der Waals surface area contributed by atoms with Crippen molar-refractivity contribution in [2.75, 3.05) is 13.1 Å². The number of carbonyl (C=O) groups is 2. The maximum atomic E-state index is 13.7. The van der Waals surface area contributed by atoms with Crippen LogP contribution in [0, 0.1) is 11.6 Å². The summed E-state index contributed by atoms with van der Waals surface area (Å²) in [7, 11) is 0. The Morgan fingerprint density at radius 2 is 1.67 bits per heavy atom. The number of carbonyl (C=O) groups excluding carboxylic acids is 2. The van der Waals surface area contributed by atoms with E-state index >= 15 is 0 Å². The van der Waals surface area contributed by atoms with Crippen molar-refractivity contribution in [3.63, 3.8) is 0 Å². The van der Waals surface area contributed by atoms with Gasteiger partial charge in [0.15, 0.2) is 0 Å². The summed E-state index contributed by atoms with van der Waals surface area (Å²) in [5.41, 5.74) is 1.19. The number of benzene rings is 2. The number of piperidine rings is 1. The van der Waals surface area contributed by atoms with E-state index in [0.29, 0.717) is 43.5 Å². The molecule has 3 aliphatic rings. The Balaban J connectivity index is 1.32. The SMILES string of the molecule is O=C(c1ccccc1)N1CCC2(CC1)SC1CC[C@H](c3cc(F)cc(F)c3)N1C2=O. The maximum Gasteiger partial charge on any atom is 0.253 e. The molecule has 4 nitrogen and oxygen atoms in total. The molecule has 2 aromatic carbocycles. The highest BCUT2D eigenvalue weighted by molar-refractivity contribution is 8.02. The number of likely N-dealkylation sites (tertiary alicyclic amines) is 1. The Hall–Kier alpha value is -2.41. The van der Waals surface area contributed by atoms with Crippen molar-refractivity contribution in [3.8, 4) is 0 Å². The van der Waals surface area contributed by atoms with E-state index in [-0.39, 0.29) is 23.2 Å². The van der Waals surface area contributed by atoms with E-state index in [0.717, 1.165) is 12.5 Å². The summed E-state index contributed by atoms with van der Waals surface area (Å²) in [4.78, 5) is 29.9. The van der Waals surface area contributed by atoms with E-state index < -0.39 is 16.4 Å². The lowest BCUT2D eigenvalue weighted by molar-refractivity contribution is -0.134. The van der Waals surface area contributed by atoms with Crippen molar-refractivity contribution >= 4 is 23.6 Å². The highest BCUT2D eigenvalue weighted by Gasteiger charge is 2.57. The molecule has 156 valence electrons. The van der Waals surface area contributed by atoms with Crippen molar-refractivity contribution < 1.29 is 18.4 Å². The van der Waals surface area contributed by atoms with Gasteiger partial charge >= 0.3 is 0 Å². The van der Waals surface area contributed by atoms with E-state index in [1.165, 1.54) is 12.1 Å². The minimum atomic E-state index is -0.616. The predicted molar refractivity (Wildman–Crippen MR) is 111 cm³/mol. The van der Waals surface area contributed by atoms with E-state index in [1.54, 1.807) is 23.9 Å². The van der Waals surface area contributed by atoms with Crippen molar-refractivity contribution in [2.45, 2.75) is 41.8 Å². The van der Waals surface area contributed by atoms with Crippen molar-refractivity contribution in [1.82, 2.24) is 9.80 Å². The lowest BCUT2D eigenvalue weighted by Gasteiger charge is -2.38. The first-order chi connectivity index (χ1) is 14.5. The molecule has 2 amide bonds. The molecule has 2 atom stereocenters. The molecular weight excluding hydrogens is 406 g/mol. The summed E-state index contributed by atoms with van der Waals surface area (Å²) in [6, 6.07) is 12.4. The molecule has 3 fully saturated rings. The summed E-state index contributed by atoms with van der Waals surface area (Å²) in [6.45, 7) is 1.07. The molecule has 0 bridgehead atoms. The van der Waals surface area contributed by atoms with E-state index in [9.17, 15) is 18.4 Å². The van der Waals surface area contributed by atoms with Crippen LogP contribution < -0.4 is 0 Å². The molecule has 7 heteroatoms. The Kier molecular flexibility index (Phi) is 4.81. The van der Waals surface area contributed by atoms with E-state index in [1.807, 2.05) is 28.0 Å². The van der Waals surface area contributed by atoms with Gasteiger partial charge in [-0.25, -0.2) is 8.78 Å². The molecule has 2 aromatic rings. The minimum absolute atomic E-state index is 0.00508. The third-order valence-electron chi connectivity index (χ3n) is 6.47. The first kappa shape index (κ1) is 19.5. The molecule has 3 aliphatic heterocycles. The van der Waals surface area contributed by atoms with Crippen LogP contribution in [-0.2, 0) is 4.79 Å². The van der Waals surface area contributed by atoms with Gasteiger partial charge in [-0.05, 0) is 55.5 Å². The second-order valence-electron chi connectivity index (χ2n) is 8.23. The summed E-state index contributed by atoms with van der Waals surface area (Å²) < 4.78 is 26.9. The van der Waals surface area contributed by atoms with Crippen LogP contribution in [0.15, 0.2) is 48.5 Å². The molecule has 0 aliphatic carbocycles. The zero-order chi connectivity index (χ0) is 20.9. The molecule has 30 heavy (non-hydrogen) atoms. The van der Waals surface area contributed by atoms with E-state index in [4.69, 9.17) is 0 Å². The van der Waals surface area contributed by atoms with Crippen LogP contribution in [0.2, 0.25) is 0 Å². The smallest absolute Gasteiger partial charge is 0.253 e. The average molecular weight is 429 g/mol. The Morgan fingerprint density at radius 1 is 1.00 bits per heavy atom. The average Bonchev–Trinajstić information content (AvgIpc) is 3.26. The second kappa shape index (κ2) is 7.38. The number of fused-ring (bicyclic) bond motifs is 1. The fourth-order valence-electron chi connectivity index (χ4n) is 4.97. The number of rotatable bonds is 2. The normalized spacial score (nSPS) is 25.1. The fraction of sp³-hybridized carbons (Fsp3) is 0.391. The Morgan fingerprint density at radius 3 is 2.33 bits per heavy atom. The number of thioether (sulfide) groups is 1. The van der Waals surface area contributed by atoms with Gasteiger partial charge in [0.25, 0.3) is 5.91 Å². The summed E-state index contributed by atoms with van der Waals surface area (Å²) in [5.74, 6) is -1.18. The molecule has 0 saturated carbocycles. The van der Waals surface area contributed by atoms with Crippen molar-refractivity contribution in [2.24, 2.45) is 0 Å². The molecular formula is C23H22F2N2O2S. The number of nitrogens with zero attached hydrogens (tertiary/aromatic N) is 2. The monoisotopic (exact) mass is 428 g/mol. The van der Waals surface area contributed by atoms with Gasteiger partial charge < -0.3 is 9.80 Å². The summed E-state index contributed by atoms with van der Waals surface area (Å²) in [6.07, 6.45) is 2.73. The van der Waals surface area contributed by atoms with Gasteiger partial charge in [0.1, 0.15) is 16.4 Å². The van der Waals surface area contributed by atoms with Gasteiger partial charge in [0.2, 0.25) is 5.91 Å². The van der Waals surface area contributed by atoms with Crippen molar-refractivity contribution in [3.05, 3.63) is 71.3 Å². The zero-order valence-electron chi connectivity index (χ0n) is 16.4. The van der Waals surface area contributed by atoms with Crippen LogP contribution in [0.5, 0.6) is 0 Å². The quantitative estimate of drug-likeness (QED) is 0.713. The summed E-state index contributed by atoms with van der Waals surface area (Å²) in [5, 5.41) is 0.0326. The third-order valence-corrected chi connectivity index (χ3v) is 8.24. The fourth-order valence-corrected chi connectivity index (χ4v) is 6.73. The zero-order valence-corrected chi connectivity index (χ0v) is 17.2. The topological polar surface area (TPSA) is 40.6 Å². The largest absolute Gasteiger partial charge is 0.339 e. The first-order valence-electron chi connectivity index (χ1n) is 10.3. The van der Waals surface area contributed by atoms with Crippen molar-refractivity contribution in [1.29, 1.82) is 0 Å². The number of halogens is 2. The highest BCUT2D eigenvalue weighted by atomic mass is 32.2. The van der Waals surface area contributed by atoms with Crippen LogP contribution in [-0.4, -0.2) is 44.8 Å². The van der Waals surface area contributed by atoms with Gasteiger partial charge in [0.05, 0.1) is 11.4 Å². The molecule has 1 unspecified atom stereocenters. The maximum absolute atomic E-state index is 13.7. The van der Waals surface area contributed by atoms with Gasteiger partial charge in [0, 0.05) is 24.7 Å². The number of amides is 2. The third kappa shape index (κ3) is 3.20. The number of hydrogen-bond acceptors (Lipinski definition) is 3. The van der Waals surface area contributed by atoms with Crippen LogP contribution in [0.4, 0.5) is 8.78 Å². The van der Waals surface area contributed by atoms with Crippen LogP contribution >= 0.6 is 11.8 Å². The highest BCUT2D eigenvalue weighted by Crippen LogP contribution is 2.55. The lowest BCUT2D eigenvalue weighted by atomic mass is 9.92. The molecule has 0 aromatic heterocycles. The standard InChI is InChI=1S/C23H22F2N2O2S/c24-17-12-16(13-18(25)14-17)19-6-7-20-27(19)22(29)23(30-20)8-10-26(11-9-23)21(28)15-4-2-1-3-5-15/h1-5,12-14,19-20H,6-11H2/t19-,20?/m1/s1. The first-order valence-corrected chi connectivity index (χ1v) is 11.2. The van der Waals surface area contributed by atoms with Gasteiger partial charge in [-0.3, -0.25) is 9.59 Å². The van der Waals surface area contributed by atoms with Gasteiger partial charge in [-0.15, -0.1) is 11.8 Å². The summed E-state index contributed by atoms with van der Waals surface area (Å²) >= 11 is 1.68. The molecule has 5 rings (SSSR count). The molecule has 0 N–H and O–H groups in total. The Labute approximate surface area is 178 Å². The van der Waals surface area contributed by atoms with Gasteiger partial charge in [-0.1, -0.05) is 18.2 Å². The molecule has 0 radical (unpaired) electrons. The lowest BCUT2D eigenvalue weighted by Crippen LogP contribution is -2.49. The molecule has 1 spiro atoms. The minimum Gasteiger partial charge on any atom is -0.339 e. The second-order valence-corrected chi connectivity index (χ2v) is 9.79. The van der Waals surface area contributed by atoms with Crippen LogP contribution in [0.3, 0.4) is 0 Å². The van der Waals surface area contributed by atoms with E-state index in [2.05, 4.69) is 0 Å².